The quantitative estimate of drug-likeness (QED) is 0.420. The van der Waals surface area contributed by atoms with Crippen LogP contribution in [0.5, 0.6) is 0 Å². The van der Waals surface area contributed by atoms with Crippen LogP contribution in [0, 0.1) is 0 Å². The number of ether oxygens (including phenoxy) is 2. The minimum atomic E-state index is -1.62. The van der Waals surface area contributed by atoms with Crippen LogP contribution in [0.1, 0.15) is 53.4 Å². The Balaban J connectivity index is 1.85. The second kappa shape index (κ2) is 6.15. The van der Waals surface area contributed by atoms with Crippen molar-refractivity contribution in [1.29, 1.82) is 0 Å². The van der Waals surface area contributed by atoms with E-state index in [-0.39, 0.29) is 10.8 Å². The third-order valence-electron chi connectivity index (χ3n) is 5.40. The van der Waals surface area contributed by atoms with Crippen LogP contribution in [0.15, 0.2) is 11.1 Å². The molecular weight excluding hydrogens is 280 g/mol. The second-order valence-electron chi connectivity index (χ2n) is 7.92. The molecule has 3 nitrogen and oxygen atoms in total. The molecule has 122 valence electrons. The summed E-state index contributed by atoms with van der Waals surface area (Å²) in [5.41, 5.74) is 2.85. The van der Waals surface area contributed by atoms with E-state index >= 15 is 0 Å². The van der Waals surface area contributed by atoms with Crippen LogP contribution in [0.4, 0.5) is 0 Å². The molecule has 0 aromatic rings. The van der Waals surface area contributed by atoms with Gasteiger partial charge >= 0.3 is 0 Å². The molecule has 0 unspecified atom stereocenters. The zero-order valence-electron chi connectivity index (χ0n) is 14.7. The molecule has 4 heteroatoms. The van der Waals surface area contributed by atoms with Gasteiger partial charge in [0.1, 0.15) is 0 Å². The Bertz CT molecular complexity index is 401. The van der Waals surface area contributed by atoms with Crippen LogP contribution < -0.4 is 0 Å². The molecule has 0 aromatic carbocycles. The van der Waals surface area contributed by atoms with E-state index in [0.717, 1.165) is 45.5 Å². The van der Waals surface area contributed by atoms with Crippen LogP contribution in [0.3, 0.4) is 0 Å². The summed E-state index contributed by atoms with van der Waals surface area (Å²) >= 11 is 0. The predicted molar refractivity (Wildman–Crippen MR) is 89.0 cm³/mol. The van der Waals surface area contributed by atoms with Crippen LogP contribution in [-0.4, -0.2) is 33.9 Å². The maximum Gasteiger partial charge on any atom is 0.191 e. The molecule has 0 amide bonds. The van der Waals surface area contributed by atoms with Crippen molar-refractivity contribution in [3.8, 4) is 0 Å². The maximum absolute atomic E-state index is 6.27. The van der Waals surface area contributed by atoms with Gasteiger partial charge in [-0.2, -0.15) is 0 Å². The maximum atomic E-state index is 6.27. The van der Waals surface area contributed by atoms with Crippen molar-refractivity contribution in [2.45, 2.75) is 77.3 Å². The predicted octanol–water partition coefficient (Wildman–Crippen LogP) is 4.64. The summed E-state index contributed by atoms with van der Waals surface area (Å²) in [6.07, 6.45) is 4.21. The largest absolute Gasteiger partial charge is 0.417 e. The lowest BCUT2D eigenvalue weighted by atomic mass is 10.0. The summed E-state index contributed by atoms with van der Waals surface area (Å²) in [6, 6.07) is 0. The zero-order chi connectivity index (χ0) is 15.7. The minimum Gasteiger partial charge on any atom is -0.417 e. The van der Waals surface area contributed by atoms with E-state index in [0.29, 0.717) is 0 Å². The van der Waals surface area contributed by atoms with Crippen molar-refractivity contribution in [2.24, 2.45) is 0 Å². The van der Waals surface area contributed by atoms with Crippen molar-refractivity contribution in [1.82, 2.24) is 0 Å². The number of rotatable bonds is 5. The van der Waals surface area contributed by atoms with Gasteiger partial charge in [0.05, 0.1) is 13.2 Å². The molecular formula is C17H32O3Si. The Hall–Kier alpha value is -0.163. The fourth-order valence-corrected chi connectivity index (χ4v) is 4.04. The first kappa shape index (κ1) is 17.2. The van der Waals surface area contributed by atoms with Crippen LogP contribution >= 0.6 is 0 Å². The van der Waals surface area contributed by atoms with Gasteiger partial charge in [0, 0.05) is 13.0 Å². The van der Waals surface area contributed by atoms with Crippen LogP contribution in [0.2, 0.25) is 18.1 Å². The Labute approximate surface area is 131 Å². The molecule has 0 radical (unpaired) electrons. The first-order chi connectivity index (χ1) is 9.68. The zero-order valence-corrected chi connectivity index (χ0v) is 15.7. The summed E-state index contributed by atoms with van der Waals surface area (Å²) in [7, 11) is -1.62. The van der Waals surface area contributed by atoms with Crippen molar-refractivity contribution in [3.63, 3.8) is 0 Å². The Kier molecular flexibility index (Phi) is 5.03. The summed E-state index contributed by atoms with van der Waals surface area (Å²) in [5, 5.41) is 0.286. The van der Waals surface area contributed by atoms with Gasteiger partial charge in [0.15, 0.2) is 14.1 Å². The number of hydrogen-bond acceptors (Lipinski definition) is 3. The summed E-state index contributed by atoms with van der Waals surface area (Å²) in [6.45, 7) is 16.0. The third-order valence-corrected chi connectivity index (χ3v) is 9.94. The molecule has 1 fully saturated rings. The average Bonchev–Trinajstić information content (AvgIpc) is 2.95. The summed E-state index contributed by atoms with van der Waals surface area (Å²) in [5.74, 6) is -0.374. The normalized spacial score (nSPS) is 22.6. The molecule has 1 saturated heterocycles. The van der Waals surface area contributed by atoms with Crippen molar-refractivity contribution in [3.05, 3.63) is 11.1 Å². The van der Waals surface area contributed by atoms with E-state index in [1.54, 1.807) is 0 Å². The second-order valence-corrected chi connectivity index (χ2v) is 12.7. The van der Waals surface area contributed by atoms with E-state index in [2.05, 4.69) is 40.8 Å². The van der Waals surface area contributed by atoms with E-state index in [1.165, 1.54) is 11.1 Å². The molecule has 1 heterocycles. The molecule has 2 rings (SSSR count). The van der Waals surface area contributed by atoms with Gasteiger partial charge in [0.25, 0.3) is 0 Å². The molecule has 1 spiro atoms. The van der Waals surface area contributed by atoms with Crippen LogP contribution in [0.25, 0.3) is 0 Å². The fraction of sp³-hybridized carbons (Fsp3) is 0.882. The standard InChI is InChI=1S/C17H32O3Si/c1-14-9-10-17(18-12-13-19-17)15(14)8-7-11-20-21(5,6)16(2,3)4/h7-13H2,1-6H3. The molecule has 1 aliphatic heterocycles. The van der Waals surface area contributed by atoms with E-state index in [1.807, 2.05) is 0 Å². The average molecular weight is 313 g/mol. The Morgan fingerprint density at radius 2 is 1.81 bits per heavy atom. The highest BCUT2D eigenvalue weighted by atomic mass is 28.4. The fourth-order valence-electron chi connectivity index (χ4n) is 2.95. The summed E-state index contributed by atoms with van der Waals surface area (Å²) in [4.78, 5) is 0. The van der Waals surface area contributed by atoms with Gasteiger partial charge in [-0.05, 0) is 49.9 Å². The number of allylic oxidation sites excluding steroid dienone is 1. The lowest BCUT2D eigenvalue weighted by Crippen LogP contribution is -2.41. The highest BCUT2D eigenvalue weighted by Crippen LogP contribution is 2.44. The van der Waals surface area contributed by atoms with Crippen LogP contribution in [-0.2, 0) is 13.9 Å². The van der Waals surface area contributed by atoms with E-state index < -0.39 is 8.32 Å². The van der Waals surface area contributed by atoms with Gasteiger partial charge < -0.3 is 13.9 Å². The van der Waals surface area contributed by atoms with Crippen molar-refractivity contribution < 1.29 is 13.9 Å². The Morgan fingerprint density at radius 3 is 2.38 bits per heavy atom. The van der Waals surface area contributed by atoms with Crippen molar-refractivity contribution >= 4 is 8.32 Å². The highest BCUT2D eigenvalue weighted by Gasteiger charge is 2.44. The lowest BCUT2D eigenvalue weighted by molar-refractivity contribution is -0.125. The number of hydrogen-bond donors (Lipinski definition) is 0. The summed E-state index contributed by atoms with van der Waals surface area (Å²) < 4.78 is 18.1. The lowest BCUT2D eigenvalue weighted by Gasteiger charge is -2.36. The minimum absolute atomic E-state index is 0.286. The molecule has 0 bridgehead atoms. The molecule has 0 aromatic heterocycles. The SMILES string of the molecule is CC1=C(CCCO[Si](C)(C)C(C)(C)C)C2(CC1)OCCO2. The van der Waals surface area contributed by atoms with Gasteiger partial charge in [0.2, 0.25) is 0 Å². The van der Waals surface area contributed by atoms with E-state index in [4.69, 9.17) is 13.9 Å². The first-order valence-electron chi connectivity index (χ1n) is 8.29. The molecule has 21 heavy (non-hydrogen) atoms. The molecule has 0 atom stereocenters. The molecule has 2 aliphatic rings. The smallest absolute Gasteiger partial charge is 0.191 e. The molecule has 0 N–H and O–H groups in total. The van der Waals surface area contributed by atoms with Gasteiger partial charge in [-0.15, -0.1) is 0 Å². The van der Waals surface area contributed by atoms with Crippen molar-refractivity contribution in [2.75, 3.05) is 19.8 Å². The van der Waals surface area contributed by atoms with Gasteiger partial charge in [-0.1, -0.05) is 26.3 Å². The monoisotopic (exact) mass is 312 g/mol. The first-order valence-corrected chi connectivity index (χ1v) is 11.2. The molecule has 1 aliphatic carbocycles. The third kappa shape index (κ3) is 3.61. The van der Waals surface area contributed by atoms with Gasteiger partial charge in [-0.3, -0.25) is 0 Å². The van der Waals surface area contributed by atoms with Gasteiger partial charge in [-0.25, -0.2) is 0 Å². The topological polar surface area (TPSA) is 27.7 Å². The van der Waals surface area contributed by atoms with E-state index in [9.17, 15) is 0 Å². The highest BCUT2D eigenvalue weighted by molar-refractivity contribution is 6.74. The Morgan fingerprint density at radius 1 is 1.19 bits per heavy atom. The molecule has 0 saturated carbocycles.